The molecule has 0 aromatic heterocycles. The lowest BCUT2D eigenvalue weighted by atomic mass is 9.71. The van der Waals surface area contributed by atoms with Gasteiger partial charge >= 0.3 is 12.1 Å². The molecule has 7 aliphatic heterocycles. The topological polar surface area (TPSA) is 171 Å². The molecule has 0 amide bonds. The molecule has 0 radical (unpaired) electrons. The van der Waals surface area contributed by atoms with Crippen LogP contribution in [0.2, 0.25) is 0 Å². The third-order valence-electron chi connectivity index (χ3n) is 13.1. The van der Waals surface area contributed by atoms with Crippen LogP contribution in [-0.2, 0) is 32.6 Å². The minimum absolute atomic E-state index is 0.0113. The quantitative estimate of drug-likeness (QED) is 0.162. The largest absolute Gasteiger partial charge is 0.514 e. The second kappa shape index (κ2) is 15.5. The van der Waals surface area contributed by atoms with Gasteiger partial charge in [0.15, 0.2) is 40.0 Å². The van der Waals surface area contributed by atoms with Crippen LogP contribution >= 0.6 is 11.8 Å². The highest BCUT2D eigenvalue weighted by atomic mass is 32.2. The summed E-state index contributed by atoms with van der Waals surface area (Å²) in [7, 11) is 5.05. The zero-order valence-electron chi connectivity index (χ0n) is 36.2. The van der Waals surface area contributed by atoms with Crippen molar-refractivity contribution in [3.63, 3.8) is 0 Å². The van der Waals surface area contributed by atoms with Crippen LogP contribution in [0.25, 0.3) is 0 Å². The summed E-state index contributed by atoms with van der Waals surface area (Å²) >= 11 is 1.55. The smallest absolute Gasteiger partial charge is 0.504 e. The summed E-state index contributed by atoms with van der Waals surface area (Å²) in [6.45, 7) is 13.5. The van der Waals surface area contributed by atoms with E-state index in [2.05, 4.69) is 33.8 Å². The number of nitrogens with one attached hydrogen (secondary N) is 1. The molecule has 0 aliphatic carbocycles. The fraction of sp³-hybridized carbons (Fsp3) is 0.500. The second-order valence-electron chi connectivity index (χ2n) is 17.6. The van der Waals surface area contributed by atoms with Crippen LogP contribution in [0.5, 0.6) is 40.2 Å². The van der Waals surface area contributed by atoms with Gasteiger partial charge in [0.1, 0.15) is 30.6 Å². The lowest BCUT2D eigenvalue weighted by molar-refractivity contribution is -0.157. The fourth-order valence-corrected chi connectivity index (χ4v) is 12.4. The first-order valence-electron chi connectivity index (χ1n) is 20.8. The number of fused-ring (bicyclic) bond motifs is 9. The molecule has 7 aliphatic rings. The van der Waals surface area contributed by atoms with Crippen molar-refractivity contribution in [2.75, 3.05) is 53.6 Å². The number of piperazine rings is 1. The highest BCUT2D eigenvalue weighted by Gasteiger charge is 2.62. The maximum absolute atomic E-state index is 15.1. The van der Waals surface area contributed by atoms with Crippen molar-refractivity contribution >= 4 is 23.9 Å². The molecule has 4 bridgehead atoms. The zero-order chi connectivity index (χ0) is 44.0. The molecule has 15 nitrogen and oxygen atoms in total. The van der Waals surface area contributed by atoms with E-state index in [1.54, 1.807) is 57.9 Å². The third kappa shape index (κ3) is 6.33. The summed E-state index contributed by atoms with van der Waals surface area (Å²) in [4.78, 5) is 32.4. The van der Waals surface area contributed by atoms with Crippen LogP contribution in [0, 0.1) is 25.2 Å². The number of hydrogen-bond donors (Lipinski definition) is 2. The number of carbonyl (C=O) groups is 2. The highest BCUT2D eigenvalue weighted by molar-refractivity contribution is 7.99. The molecule has 1 spiro atoms. The fourth-order valence-electron chi connectivity index (χ4n) is 10.7. The maximum atomic E-state index is 15.1. The van der Waals surface area contributed by atoms with Crippen molar-refractivity contribution in [3.05, 3.63) is 75.4 Å². The van der Waals surface area contributed by atoms with Gasteiger partial charge in [-0.25, -0.2) is 9.59 Å². The number of thioether (sulfide) groups is 1. The lowest BCUT2D eigenvalue weighted by Crippen LogP contribution is -2.69. The van der Waals surface area contributed by atoms with Gasteiger partial charge < -0.3 is 43.0 Å². The van der Waals surface area contributed by atoms with Gasteiger partial charge in [-0.15, -0.1) is 11.8 Å². The van der Waals surface area contributed by atoms with Gasteiger partial charge in [0.2, 0.25) is 6.79 Å². The molecule has 1 unspecified atom stereocenters. The van der Waals surface area contributed by atoms with Gasteiger partial charge in [-0.1, -0.05) is 18.7 Å². The maximum Gasteiger partial charge on any atom is 0.514 e. The highest BCUT2D eigenvalue weighted by Crippen LogP contribution is 2.64. The van der Waals surface area contributed by atoms with Gasteiger partial charge in [0.05, 0.1) is 37.6 Å². The summed E-state index contributed by atoms with van der Waals surface area (Å²) in [5.41, 5.74) is 4.08. The Kier molecular flexibility index (Phi) is 10.5. The number of phenols is 1. The predicted molar refractivity (Wildman–Crippen MR) is 228 cm³/mol. The molecule has 2 fully saturated rings. The van der Waals surface area contributed by atoms with Crippen LogP contribution < -0.4 is 33.7 Å². The van der Waals surface area contributed by atoms with Gasteiger partial charge in [0.25, 0.3) is 0 Å². The van der Waals surface area contributed by atoms with Gasteiger partial charge in [0, 0.05) is 46.6 Å². The average molecular weight is 869 g/mol. The van der Waals surface area contributed by atoms with Gasteiger partial charge in [-0.2, -0.15) is 5.26 Å². The van der Waals surface area contributed by atoms with Crippen LogP contribution in [-0.4, -0.2) is 104 Å². The number of ether oxygens (including phenoxy) is 8. The van der Waals surface area contributed by atoms with Crippen molar-refractivity contribution in [3.8, 4) is 46.3 Å². The number of esters is 1. The Balaban J connectivity index is 1.26. The molecule has 328 valence electrons. The van der Waals surface area contributed by atoms with Crippen LogP contribution in [0.4, 0.5) is 4.79 Å². The van der Waals surface area contributed by atoms with E-state index in [1.165, 1.54) is 7.11 Å². The van der Waals surface area contributed by atoms with Crippen molar-refractivity contribution < 1.29 is 52.6 Å². The Hall–Kier alpha value is -5.34. The number of methoxy groups -OCH3 is 2. The van der Waals surface area contributed by atoms with Crippen molar-refractivity contribution in [2.45, 2.75) is 94.1 Å². The number of benzene rings is 3. The van der Waals surface area contributed by atoms with Crippen LogP contribution in [0.1, 0.15) is 82.6 Å². The number of aryl methyl sites for hydroxylation is 1. The number of nitrogens with zero attached hydrogens (tertiary/aromatic N) is 3. The number of nitriles is 1. The van der Waals surface area contributed by atoms with E-state index in [-0.39, 0.29) is 49.0 Å². The molecule has 7 heterocycles. The molecule has 7 atom stereocenters. The van der Waals surface area contributed by atoms with E-state index in [0.29, 0.717) is 47.9 Å². The number of carbonyl (C=O) groups excluding carboxylic acids is 2. The molecular weight excluding hydrogens is 817 g/mol. The van der Waals surface area contributed by atoms with Gasteiger partial charge in [-0.05, 0) is 88.9 Å². The molecule has 3 aromatic rings. The Morgan fingerprint density at radius 1 is 1.08 bits per heavy atom. The van der Waals surface area contributed by atoms with Gasteiger partial charge in [-0.3, -0.25) is 15.1 Å². The Morgan fingerprint density at radius 3 is 2.56 bits per heavy atom. The summed E-state index contributed by atoms with van der Waals surface area (Å²) in [5.74, 6) is 2.22. The van der Waals surface area contributed by atoms with E-state index < -0.39 is 52.7 Å². The third-order valence-corrected chi connectivity index (χ3v) is 14.6. The van der Waals surface area contributed by atoms with Crippen LogP contribution in [0.15, 0.2) is 30.9 Å². The number of phenolic OH excluding ortho intramolecular Hbond substituents is 1. The molecular formula is C46H52N4O11S. The van der Waals surface area contributed by atoms with Crippen LogP contribution in [0.3, 0.4) is 0 Å². The lowest BCUT2D eigenvalue weighted by Gasteiger charge is -2.62. The molecule has 10 rings (SSSR count). The van der Waals surface area contributed by atoms with E-state index in [9.17, 15) is 15.2 Å². The first-order valence-corrected chi connectivity index (χ1v) is 21.9. The van der Waals surface area contributed by atoms with E-state index in [4.69, 9.17) is 37.9 Å². The predicted octanol–water partition coefficient (Wildman–Crippen LogP) is 6.23. The van der Waals surface area contributed by atoms with E-state index >= 15 is 4.79 Å². The number of aromatic hydroxyl groups is 1. The summed E-state index contributed by atoms with van der Waals surface area (Å²) in [6.07, 6.45) is 1.84. The zero-order valence-corrected chi connectivity index (χ0v) is 37.0. The summed E-state index contributed by atoms with van der Waals surface area (Å²) in [6, 6.07) is 5.66. The van der Waals surface area contributed by atoms with Crippen molar-refractivity contribution in [1.29, 1.82) is 5.26 Å². The van der Waals surface area contributed by atoms with E-state index in [1.807, 2.05) is 20.9 Å². The first-order chi connectivity index (χ1) is 29.7. The van der Waals surface area contributed by atoms with E-state index in [0.717, 1.165) is 38.9 Å². The average Bonchev–Trinajstić information content (AvgIpc) is 3.72. The minimum Gasteiger partial charge on any atom is -0.504 e. The first kappa shape index (κ1) is 42.0. The molecule has 3 aromatic carbocycles. The molecule has 2 saturated heterocycles. The molecule has 0 saturated carbocycles. The Bertz CT molecular complexity index is 2430. The Labute approximate surface area is 365 Å². The monoisotopic (exact) mass is 868 g/mol. The SMILES string of the molecule is C=CCOc1c(C)c2c(c3c1[C@H]1SC[C@]4(NCCc5cc(OC(=O)OC(C)(C)C)c(OC)cc54)C(=O)OC[C@@H]3N3C1[C@H]1c4c(cc(C)c(OC)c4O)C[C@@H]([C@@H]3C#N)N1C)OCO2. The van der Waals surface area contributed by atoms with Crippen molar-refractivity contribution in [1.82, 2.24) is 15.1 Å². The number of likely N-dealkylation sites (N-methyl/N-ethyl adjacent to an activating group) is 1. The molecule has 62 heavy (non-hydrogen) atoms. The van der Waals surface area contributed by atoms with Crippen molar-refractivity contribution in [2.24, 2.45) is 0 Å². The molecule has 16 heteroatoms. The Morgan fingerprint density at radius 2 is 1.85 bits per heavy atom. The molecule has 2 N–H and O–H groups in total. The number of rotatable bonds is 6. The number of hydrogen-bond acceptors (Lipinski definition) is 16. The summed E-state index contributed by atoms with van der Waals surface area (Å²) in [5, 5.41) is 26.5. The summed E-state index contributed by atoms with van der Waals surface area (Å²) < 4.78 is 48.4. The normalized spacial score (nSPS) is 27.1. The second-order valence-corrected chi connectivity index (χ2v) is 18.8. The standard InChI is InChI=1S/C46H52N4O11S/c1-10-13-56-39-23(3)40-41(59-21-58-40)33-29-19-57-43(52)46(26-17-30(54-8)31(16-24(26)11-12-48-46)60-44(53)61-45(4,5)6)20-62-42(34(33)39)36-35-32-25(14-22(2)38(55-9)37(32)51)15-27(49(35)7)28(18-47)50(29)36/h10,14,16-17,27-29,35-36,42,48,51H,1,11-13,15,19-21H2,2-9H3/t27-,28-,29-,35+,36?,42+,46+/m0/s1. The minimum atomic E-state index is -1.39.